The minimum absolute atomic E-state index is 0.227. The van der Waals surface area contributed by atoms with Gasteiger partial charge in [-0.3, -0.25) is 4.57 Å². The summed E-state index contributed by atoms with van der Waals surface area (Å²) in [5.41, 5.74) is 2.01. The predicted molar refractivity (Wildman–Crippen MR) is 123 cm³/mol. The molecule has 0 amide bonds. The highest BCUT2D eigenvalue weighted by Crippen LogP contribution is 2.28. The van der Waals surface area contributed by atoms with Gasteiger partial charge in [-0.05, 0) is 36.4 Å². The van der Waals surface area contributed by atoms with Crippen molar-refractivity contribution in [1.82, 2.24) is 19.7 Å². The minimum atomic E-state index is -0.304. The van der Waals surface area contributed by atoms with Crippen molar-refractivity contribution in [2.24, 2.45) is 0 Å². The molecule has 4 rings (SSSR count). The second-order valence-electron chi connectivity index (χ2n) is 6.48. The highest BCUT2D eigenvalue weighted by Gasteiger charge is 2.14. The molecule has 0 aliphatic heterocycles. The number of rotatable bonds is 9. The maximum Gasteiger partial charge on any atom is 0.191 e. The summed E-state index contributed by atoms with van der Waals surface area (Å²) >= 11 is 9.11. The van der Waals surface area contributed by atoms with Crippen molar-refractivity contribution in [3.05, 3.63) is 88.9 Å². The Bertz CT molecular complexity index is 1160. The van der Waals surface area contributed by atoms with E-state index in [0.29, 0.717) is 28.9 Å². The van der Waals surface area contributed by atoms with E-state index in [1.807, 2.05) is 34.2 Å². The number of allylic oxidation sites excluding steroid dienone is 1. The molecule has 0 bridgehead atoms. The van der Waals surface area contributed by atoms with Crippen molar-refractivity contribution in [2.45, 2.75) is 24.1 Å². The van der Waals surface area contributed by atoms with E-state index in [4.69, 9.17) is 21.3 Å². The monoisotopic (exact) mass is 472 g/mol. The first-order chi connectivity index (χ1) is 15.1. The van der Waals surface area contributed by atoms with Gasteiger partial charge in [-0.1, -0.05) is 41.6 Å². The normalized spacial score (nSPS) is 10.9. The first-order valence-corrected chi connectivity index (χ1v) is 11.6. The molecule has 158 valence electrons. The van der Waals surface area contributed by atoms with Crippen LogP contribution in [0.25, 0.3) is 10.6 Å². The summed E-state index contributed by atoms with van der Waals surface area (Å²) in [4.78, 5) is 4.71. The van der Waals surface area contributed by atoms with Gasteiger partial charge in [0.2, 0.25) is 0 Å². The third kappa shape index (κ3) is 5.52. The third-order valence-electron chi connectivity index (χ3n) is 4.28. The number of aromatic nitrogens is 4. The lowest BCUT2D eigenvalue weighted by Gasteiger charge is -2.09. The van der Waals surface area contributed by atoms with Crippen LogP contribution < -0.4 is 4.74 Å². The molecule has 9 heteroatoms. The van der Waals surface area contributed by atoms with E-state index < -0.39 is 0 Å². The molecule has 0 saturated carbocycles. The summed E-state index contributed by atoms with van der Waals surface area (Å²) < 4.78 is 20.7. The smallest absolute Gasteiger partial charge is 0.191 e. The predicted octanol–water partition coefficient (Wildman–Crippen LogP) is 6.25. The summed E-state index contributed by atoms with van der Waals surface area (Å²) in [5.74, 6) is 1.60. The van der Waals surface area contributed by atoms with Gasteiger partial charge in [0.1, 0.15) is 23.2 Å². The lowest BCUT2D eigenvalue weighted by Crippen LogP contribution is -2.07. The molecule has 31 heavy (non-hydrogen) atoms. The van der Waals surface area contributed by atoms with Gasteiger partial charge in [-0.2, -0.15) is 0 Å². The van der Waals surface area contributed by atoms with Gasteiger partial charge in [0, 0.05) is 28.3 Å². The first kappa shape index (κ1) is 21.5. The third-order valence-corrected chi connectivity index (χ3v) is 6.47. The molecule has 5 nitrogen and oxygen atoms in total. The van der Waals surface area contributed by atoms with Crippen LogP contribution in [0.2, 0.25) is 5.02 Å². The van der Waals surface area contributed by atoms with E-state index in [1.165, 1.54) is 12.1 Å². The molecule has 2 aromatic carbocycles. The van der Waals surface area contributed by atoms with Crippen LogP contribution >= 0.6 is 34.7 Å². The second-order valence-corrected chi connectivity index (χ2v) is 8.72. The van der Waals surface area contributed by atoms with Gasteiger partial charge >= 0.3 is 0 Å². The van der Waals surface area contributed by atoms with E-state index in [2.05, 4.69) is 16.8 Å². The number of hydrogen-bond donors (Lipinski definition) is 0. The maximum atomic E-state index is 13.1. The van der Waals surface area contributed by atoms with Crippen LogP contribution in [-0.2, 0) is 18.9 Å². The van der Waals surface area contributed by atoms with Crippen LogP contribution in [0, 0.1) is 5.82 Å². The molecular formula is C22H18ClFN4OS2. The van der Waals surface area contributed by atoms with Gasteiger partial charge in [0.15, 0.2) is 11.0 Å². The largest absolute Gasteiger partial charge is 0.486 e. The van der Waals surface area contributed by atoms with Crippen LogP contribution in [0.5, 0.6) is 5.75 Å². The first-order valence-electron chi connectivity index (χ1n) is 9.37. The van der Waals surface area contributed by atoms with Crippen molar-refractivity contribution in [2.75, 3.05) is 0 Å². The fraction of sp³-hybridized carbons (Fsp3) is 0.136. The molecule has 2 aromatic heterocycles. The zero-order valence-corrected chi connectivity index (χ0v) is 18.8. The molecule has 0 spiro atoms. The Hall–Kier alpha value is -2.68. The van der Waals surface area contributed by atoms with Crippen molar-refractivity contribution >= 4 is 34.7 Å². The SMILES string of the molecule is C=CCn1c(COc2ccc(F)cc2)nnc1SCc1csc(-c2ccc(Cl)cc2)n1. The Morgan fingerprint density at radius 3 is 2.65 bits per heavy atom. The molecule has 0 aliphatic rings. The molecule has 2 heterocycles. The van der Waals surface area contributed by atoms with Crippen molar-refractivity contribution in [1.29, 1.82) is 0 Å². The van der Waals surface area contributed by atoms with Crippen LogP contribution in [0.4, 0.5) is 4.39 Å². The Balaban J connectivity index is 1.42. The molecular weight excluding hydrogens is 455 g/mol. The maximum absolute atomic E-state index is 13.1. The lowest BCUT2D eigenvalue weighted by molar-refractivity contribution is 0.288. The van der Waals surface area contributed by atoms with Gasteiger partial charge in [-0.15, -0.1) is 28.1 Å². The molecule has 0 fully saturated rings. The Morgan fingerprint density at radius 1 is 1.13 bits per heavy atom. The van der Waals surface area contributed by atoms with E-state index in [0.717, 1.165) is 21.4 Å². The number of nitrogens with zero attached hydrogens (tertiary/aromatic N) is 4. The highest BCUT2D eigenvalue weighted by atomic mass is 35.5. The summed E-state index contributed by atoms with van der Waals surface area (Å²) in [6.45, 7) is 4.61. The van der Waals surface area contributed by atoms with Crippen LogP contribution in [0.1, 0.15) is 11.5 Å². The van der Waals surface area contributed by atoms with E-state index in [9.17, 15) is 4.39 Å². The van der Waals surface area contributed by atoms with Gasteiger partial charge < -0.3 is 4.74 Å². The Kier molecular flexibility index (Phi) is 7.01. The molecule has 0 N–H and O–H groups in total. The zero-order chi connectivity index (χ0) is 21.6. The second kappa shape index (κ2) is 10.1. The lowest BCUT2D eigenvalue weighted by atomic mass is 10.2. The molecule has 0 radical (unpaired) electrons. The van der Waals surface area contributed by atoms with E-state index >= 15 is 0 Å². The topological polar surface area (TPSA) is 52.8 Å². The Labute approximate surface area is 192 Å². The fourth-order valence-corrected chi connectivity index (χ4v) is 4.68. The van der Waals surface area contributed by atoms with Crippen molar-refractivity contribution in [3.63, 3.8) is 0 Å². The van der Waals surface area contributed by atoms with Gasteiger partial charge in [0.25, 0.3) is 0 Å². The zero-order valence-electron chi connectivity index (χ0n) is 16.4. The van der Waals surface area contributed by atoms with Crippen LogP contribution in [0.15, 0.2) is 71.7 Å². The average molecular weight is 473 g/mol. The fourth-order valence-electron chi connectivity index (χ4n) is 2.76. The van der Waals surface area contributed by atoms with Crippen LogP contribution in [-0.4, -0.2) is 19.7 Å². The number of benzene rings is 2. The average Bonchev–Trinajstić information content (AvgIpc) is 3.40. The molecule has 0 saturated heterocycles. The van der Waals surface area contributed by atoms with Gasteiger partial charge in [-0.25, -0.2) is 9.37 Å². The standard InChI is InChI=1S/C22H18ClFN4OS2/c1-2-11-28-20(12-29-19-9-7-17(24)8-10-19)26-27-22(28)31-14-18-13-30-21(25-18)15-3-5-16(23)6-4-15/h2-10,13H,1,11-12,14H2. The number of ether oxygens (including phenoxy) is 1. The number of hydrogen-bond acceptors (Lipinski definition) is 6. The number of thiazole rings is 1. The summed E-state index contributed by atoms with van der Waals surface area (Å²) in [5, 5.41) is 13.0. The number of thioether (sulfide) groups is 1. The van der Waals surface area contributed by atoms with E-state index in [-0.39, 0.29) is 12.4 Å². The highest BCUT2D eigenvalue weighted by molar-refractivity contribution is 7.98. The van der Waals surface area contributed by atoms with Crippen LogP contribution in [0.3, 0.4) is 0 Å². The molecule has 4 aromatic rings. The van der Waals surface area contributed by atoms with Crippen molar-refractivity contribution < 1.29 is 9.13 Å². The summed E-state index contributed by atoms with van der Waals surface area (Å²) in [6, 6.07) is 13.5. The Morgan fingerprint density at radius 2 is 1.90 bits per heavy atom. The van der Waals surface area contributed by atoms with Crippen molar-refractivity contribution in [3.8, 4) is 16.3 Å². The summed E-state index contributed by atoms with van der Waals surface area (Å²) in [7, 11) is 0. The molecule has 0 unspecified atom stereocenters. The number of halogens is 2. The summed E-state index contributed by atoms with van der Waals surface area (Å²) in [6.07, 6.45) is 1.79. The van der Waals surface area contributed by atoms with Gasteiger partial charge in [0.05, 0.1) is 5.69 Å². The minimum Gasteiger partial charge on any atom is -0.486 e. The molecule has 0 atom stereocenters. The van der Waals surface area contributed by atoms with E-state index in [1.54, 1.807) is 41.3 Å². The quantitative estimate of drug-likeness (QED) is 0.213. The molecule has 0 aliphatic carbocycles.